The molecule has 100 valence electrons. The topological polar surface area (TPSA) is 52.0 Å². The molecule has 0 spiro atoms. The maximum Gasteiger partial charge on any atom is 0.149 e. The molecule has 1 atom stereocenters. The second-order valence-corrected chi connectivity index (χ2v) is 4.69. The van der Waals surface area contributed by atoms with E-state index in [0.717, 1.165) is 0 Å². The first-order chi connectivity index (χ1) is 8.91. The van der Waals surface area contributed by atoms with Crippen molar-refractivity contribution in [1.82, 2.24) is 0 Å². The average Bonchev–Trinajstić information content (AvgIpc) is 2.35. The number of halogens is 2. The summed E-state index contributed by atoms with van der Waals surface area (Å²) in [5.41, 5.74) is 13.1. The summed E-state index contributed by atoms with van der Waals surface area (Å²) in [7, 11) is 0. The van der Waals surface area contributed by atoms with Crippen LogP contribution in [0.25, 0.3) is 11.1 Å². The fourth-order valence-electron chi connectivity index (χ4n) is 2.08. The number of benzene rings is 2. The number of rotatable bonds is 2. The predicted octanol–water partition coefficient (Wildman–Crippen LogP) is 3.54. The van der Waals surface area contributed by atoms with Gasteiger partial charge >= 0.3 is 0 Å². The summed E-state index contributed by atoms with van der Waals surface area (Å²) >= 11 is 0. The Morgan fingerprint density at radius 1 is 1.11 bits per heavy atom. The molecule has 0 amide bonds. The lowest BCUT2D eigenvalue weighted by Crippen LogP contribution is -2.08. The molecule has 1 unspecified atom stereocenters. The summed E-state index contributed by atoms with van der Waals surface area (Å²) in [6.45, 7) is 3.31. The minimum Gasteiger partial charge on any atom is -0.396 e. The molecular weight excluding hydrogens is 246 g/mol. The normalized spacial score (nSPS) is 12.5. The maximum atomic E-state index is 14.4. The van der Waals surface area contributed by atoms with Crippen LogP contribution in [0.2, 0.25) is 0 Å². The number of aryl methyl sites for hydroxylation is 1. The molecule has 4 heteroatoms. The van der Waals surface area contributed by atoms with E-state index in [-0.39, 0.29) is 11.5 Å². The van der Waals surface area contributed by atoms with Gasteiger partial charge in [-0.2, -0.15) is 0 Å². The van der Waals surface area contributed by atoms with E-state index in [0.29, 0.717) is 22.3 Å². The quantitative estimate of drug-likeness (QED) is 0.813. The van der Waals surface area contributed by atoms with Gasteiger partial charge in [0.15, 0.2) is 0 Å². The van der Waals surface area contributed by atoms with Crippen LogP contribution in [-0.2, 0) is 0 Å². The first-order valence-electron chi connectivity index (χ1n) is 6.01. The number of nitrogen functional groups attached to an aromatic ring is 1. The van der Waals surface area contributed by atoms with Crippen LogP contribution < -0.4 is 11.5 Å². The number of nitrogens with two attached hydrogens (primary N) is 2. The molecule has 0 bridgehead atoms. The van der Waals surface area contributed by atoms with Crippen LogP contribution >= 0.6 is 0 Å². The molecule has 0 radical (unpaired) electrons. The molecule has 2 aromatic carbocycles. The minimum absolute atomic E-state index is 0.0144. The highest BCUT2D eigenvalue weighted by atomic mass is 19.1. The van der Waals surface area contributed by atoms with Gasteiger partial charge in [-0.1, -0.05) is 18.2 Å². The Morgan fingerprint density at radius 3 is 2.37 bits per heavy atom. The van der Waals surface area contributed by atoms with E-state index in [4.69, 9.17) is 11.5 Å². The number of hydrogen-bond donors (Lipinski definition) is 2. The lowest BCUT2D eigenvalue weighted by Gasteiger charge is -2.12. The number of anilines is 1. The van der Waals surface area contributed by atoms with Crippen molar-refractivity contribution >= 4 is 5.69 Å². The van der Waals surface area contributed by atoms with E-state index < -0.39 is 11.9 Å². The molecule has 2 nitrogen and oxygen atoms in total. The Hall–Kier alpha value is -1.94. The molecule has 0 aromatic heterocycles. The molecule has 19 heavy (non-hydrogen) atoms. The van der Waals surface area contributed by atoms with Gasteiger partial charge in [-0.15, -0.1) is 0 Å². The van der Waals surface area contributed by atoms with Crippen LogP contribution in [0.1, 0.15) is 24.1 Å². The monoisotopic (exact) mass is 262 g/mol. The highest BCUT2D eigenvalue weighted by Crippen LogP contribution is 2.30. The SMILES string of the molecule is Cc1cc(-c2cccc(C(C)N)c2F)cc(N)c1F. The van der Waals surface area contributed by atoms with Gasteiger partial charge in [0.05, 0.1) is 5.69 Å². The van der Waals surface area contributed by atoms with Crippen LogP contribution in [0.5, 0.6) is 0 Å². The minimum atomic E-state index is -0.465. The Bertz CT molecular complexity index is 599. The first-order valence-corrected chi connectivity index (χ1v) is 6.01. The molecular formula is C15H16F2N2. The van der Waals surface area contributed by atoms with E-state index in [9.17, 15) is 8.78 Å². The van der Waals surface area contributed by atoms with Gasteiger partial charge in [-0.05, 0) is 37.1 Å². The smallest absolute Gasteiger partial charge is 0.149 e. The Labute approximate surface area is 111 Å². The van der Waals surface area contributed by atoms with Gasteiger partial charge in [0.1, 0.15) is 11.6 Å². The zero-order chi connectivity index (χ0) is 14.2. The van der Waals surface area contributed by atoms with Crippen molar-refractivity contribution in [3.8, 4) is 11.1 Å². The Kier molecular flexibility index (Phi) is 3.53. The third-order valence-electron chi connectivity index (χ3n) is 3.11. The van der Waals surface area contributed by atoms with Crippen LogP contribution in [0.4, 0.5) is 14.5 Å². The summed E-state index contributed by atoms with van der Waals surface area (Å²) in [6, 6.07) is 7.61. The van der Waals surface area contributed by atoms with Crippen LogP contribution in [0.15, 0.2) is 30.3 Å². The van der Waals surface area contributed by atoms with Gasteiger partial charge < -0.3 is 11.5 Å². The molecule has 0 fully saturated rings. The van der Waals surface area contributed by atoms with E-state index >= 15 is 0 Å². The van der Waals surface area contributed by atoms with Crippen molar-refractivity contribution in [2.75, 3.05) is 5.73 Å². The Balaban J connectivity index is 2.63. The zero-order valence-electron chi connectivity index (χ0n) is 10.9. The van der Waals surface area contributed by atoms with E-state index in [1.807, 2.05) is 0 Å². The molecule has 0 saturated carbocycles. The highest BCUT2D eigenvalue weighted by molar-refractivity contribution is 5.70. The summed E-state index contributed by atoms with van der Waals surface area (Å²) in [4.78, 5) is 0. The third-order valence-corrected chi connectivity index (χ3v) is 3.11. The molecule has 4 N–H and O–H groups in total. The molecule has 2 rings (SSSR count). The standard InChI is InChI=1S/C15H16F2N2/c1-8-6-10(7-13(19)14(8)16)12-5-3-4-11(9(2)18)15(12)17/h3-7,9H,18-19H2,1-2H3. The van der Waals surface area contributed by atoms with Crippen molar-refractivity contribution in [2.24, 2.45) is 5.73 Å². The summed E-state index contributed by atoms with van der Waals surface area (Å²) in [5, 5.41) is 0. The van der Waals surface area contributed by atoms with Crippen molar-refractivity contribution in [3.05, 3.63) is 53.1 Å². The average molecular weight is 262 g/mol. The predicted molar refractivity (Wildman–Crippen MR) is 73.5 cm³/mol. The van der Waals surface area contributed by atoms with Crippen LogP contribution in [-0.4, -0.2) is 0 Å². The van der Waals surface area contributed by atoms with E-state index in [2.05, 4.69) is 0 Å². The maximum absolute atomic E-state index is 14.4. The third kappa shape index (κ3) is 2.44. The van der Waals surface area contributed by atoms with E-state index in [1.54, 1.807) is 38.1 Å². The summed E-state index contributed by atoms with van der Waals surface area (Å²) in [5.74, 6) is -0.851. The van der Waals surface area contributed by atoms with Crippen molar-refractivity contribution in [2.45, 2.75) is 19.9 Å². The van der Waals surface area contributed by atoms with Gasteiger partial charge in [-0.25, -0.2) is 8.78 Å². The van der Waals surface area contributed by atoms with Gasteiger partial charge in [-0.3, -0.25) is 0 Å². The van der Waals surface area contributed by atoms with Crippen LogP contribution in [0.3, 0.4) is 0 Å². The molecule has 0 aliphatic rings. The van der Waals surface area contributed by atoms with Crippen LogP contribution in [0, 0.1) is 18.6 Å². The van der Waals surface area contributed by atoms with Gasteiger partial charge in [0, 0.05) is 17.2 Å². The summed E-state index contributed by atoms with van der Waals surface area (Å²) < 4.78 is 27.9. The first kappa shape index (κ1) is 13.5. The lowest BCUT2D eigenvalue weighted by atomic mass is 9.97. The zero-order valence-corrected chi connectivity index (χ0v) is 10.9. The molecule has 0 aliphatic heterocycles. The van der Waals surface area contributed by atoms with Gasteiger partial charge in [0.25, 0.3) is 0 Å². The van der Waals surface area contributed by atoms with Crippen molar-refractivity contribution < 1.29 is 8.78 Å². The molecule has 0 heterocycles. The van der Waals surface area contributed by atoms with E-state index in [1.165, 1.54) is 6.07 Å². The second kappa shape index (κ2) is 4.97. The lowest BCUT2D eigenvalue weighted by molar-refractivity contribution is 0.596. The van der Waals surface area contributed by atoms with Gasteiger partial charge in [0.2, 0.25) is 0 Å². The number of hydrogen-bond acceptors (Lipinski definition) is 2. The second-order valence-electron chi connectivity index (χ2n) is 4.69. The summed E-state index contributed by atoms with van der Waals surface area (Å²) in [6.07, 6.45) is 0. The molecule has 2 aromatic rings. The van der Waals surface area contributed by atoms with Crippen molar-refractivity contribution in [1.29, 1.82) is 0 Å². The highest BCUT2D eigenvalue weighted by Gasteiger charge is 2.14. The molecule has 0 saturated heterocycles. The fourth-order valence-corrected chi connectivity index (χ4v) is 2.08. The largest absolute Gasteiger partial charge is 0.396 e. The Morgan fingerprint density at radius 2 is 1.79 bits per heavy atom. The fraction of sp³-hybridized carbons (Fsp3) is 0.200. The van der Waals surface area contributed by atoms with Crippen molar-refractivity contribution in [3.63, 3.8) is 0 Å². The molecule has 0 aliphatic carbocycles.